The molecule has 0 aliphatic heterocycles. The molecule has 4 aromatic rings. The minimum absolute atomic E-state index is 0.266. The van der Waals surface area contributed by atoms with Crippen molar-refractivity contribution in [2.24, 2.45) is 0 Å². The molecule has 1 amide bonds. The monoisotopic (exact) mass is 515 g/mol. The Morgan fingerprint density at radius 3 is 2.55 bits per heavy atom. The van der Waals surface area contributed by atoms with Crippen LogP contribution in [0, 0.1) is 13.8 Å². The van der Waals surface area contributed by atoms with E-state index in [1.54, 1.807) is 28.7 Å². The van der Waals surface area contributed by atoms with E-state index in [2.05, 4.69) is 31.4 Å². The van der Waals surface area contributed by atoms with E-state index >= 15 is 0 Å². The van der Waals surface area contributed by atoms with Crippen molar-refractivity contribution in [3.05, 3.63) is 87.4 Å². The number of anilines is 1. The molecule has 0 bridgehead atoms. The van der Waals surface area contributed by atoms with Gasteiger partial charge in [0.05, 0.1) is 21.5 Å². The molecule has 2 aromatic carbocycles. The summed E-state index contributed by atoms with van der Waals surface area (Å²) >= 11 is 11.1. The highest BCUT2D eigenvalue weighted by molar-refractivity contribution is 9.10. The molecular weight excluding hydrogens is 498 g/mol. The van der Waals surface area contributed by atoms with Crippen LogP contribution in [0.25, 0.3) is 0 Å². The van der Waals surface area contributed by atoms with E-state index in [9.17, 15) is 4.79 Å². The maximum Gasteiger partial charge on any atom is 0.276 e. The average molecular weight is 517 g/mol. The molecule has 9 heteroatoms. The number of nitrogens with one attached hydrogen (secondary N) is 1. The van der Waals surface area contributed by atoms with E-state index in [1.807, 2.05) is 67.1 Å². The molecule has 31 heavy (non-hydrogen) atoms. The fourth-order valence-corrected chi connectivity index (χ4v) is 4.30. The molecule has 2 heterocycles. The minimum atomic E-state index is -0.266. The van der Waals surface area contributed by atoms with Gasteiger partial charge in [-0.2, -0.15) is 10.2 Å². The van der Waals surface area contributed by atoms with E-state index in [0.717, 1.165) is 31.3 Å². The minimum Gasteiger partial charge on any atom is -0.320 e. The second kappa shape index (κ2) is 9.30. The third kappa shape index (κ3) is 5.03. The van der Waals surface area contributed by atoms with E-state index < -0.39 is 0 Å². The number of carbonyl (C=O) groups excluding carboxylic acids is 1. The van der Waals surface area contributed by atoms with Gasteiger partial charge < -0.3 is 5.32 Å². The molecular formula is C22H19BrClN5OS. The van der Waals surface area contributed by atoms with Crippen LogP contribution in [0.2, 0.25) is 5.02 Å². The standard InChI is InChI=1S/C22H19BrClN5OS/c1-14-21(23)15(2)29(26-14)13-28-12-11-19(27-28)22(30)25-18-5-3-4-6-20(18)31-17-9-7-16(24)8-10-17/h3-12H,13H2,1-2H3,(H,25,30). The summed E-state index contributed by atoms with van der Waals surface area (Å²) < 4.78 is 4.51. The quantitative estimate of drug-likeness (QED) is 0.340. The normalized spacial score (nSPS) is 11.0. The van der Waals surface area contributed by atoms with Crippen LogP contribution in [-0.2, 0) is 6.67 Å². The van der Waals surface area contributed by atoms with Crippen molar-refractivity contribution in [2.45, 2.75) is 30.3 Å². The Morgan fingerprint density at radius 2 is 1.84 bits per heavy atom. The number of rotatable bonds is 6. The van der Waals surface area contributed by atoms with Crippen molar-refractivity contribution in [3.8, 4) is 0 Å². The number of nitrogens with zero attached hydrogens (tertiary/aromatic N) is 4. The summed E-state index contributed by atoms with van der Waals surface area (Å²) in [6.45, 7) is 4.35. The summed E-state index contributed by atoms with van der Waals surface area (Å²) in [6, 6.07) is 17.0. The van der Waals surface area contributed by atoms with Crippen molar-refractivity contribution in [1.29, 1.82) is 0 Å². The Bertz CT molecular complexity index is 1240. The molecule has 0 radical (unpaired) electrons. The maximum absolute atomic E-state index is 12.8. The molecule has 1 N–H and O–H groups in total. The molecule has 6 nitrogen and oxygen atoms in total. The maximum atomic E-state index is 12.8. The van der Waals surface area contributed by atoms with Gasteiger partial charge >= 0.3 is 0 Å². The number of carbonyl (C=O) groups is 1. The van der Waals surface area contributed by atoms with Crippen molar-refractivity contribution < 1.29 is 4.79 Å². The van der Waals surface area contributed by atoms with Crippen LogP contribution in [0.5, 0.6) is 0 Å². The van der Waals surface area contributed by atoms with Gasteiger partial charge in [0.2, 0.25) is 0 Å². The number of benzene rings is 2. The summed E-state index contributed by atoms with van der Waals surface area (Å²) in [5, 5.41) is 12.6. The van der Waals surface area contributed by atoms with Gasteiger partial charge in [0.15, 0.2) is 5.69 Å². The van der Waals surface area contributed by atoms with Crippen LogP contribution in [0.15, 0.2) is 75.1 Å². The van der Waals surface area contributed by atoms with Crippen LogP contribution in [0.4, 0.5) is 5.69 Å². The van der Waals surface area contributed by atoms with Gasteiger partial charge in [0, 0.05) is 21.0 Å². The average Bonchev–Trinajstić information content (AvgIpc) is 3.32. The van der Waals surface area contributed by atoms with Gasteiger partial charge in [0.25, 0.3) is 5.91 Å². The Morgan fingerprint density at radius 1 is 1.10 bits per heavy atom. The zero-order valence-electron chi connectivity index (χ0n) is 16.8. The van der Waals surface area contributed by atoms with E-state index in [0.29, 0.717) is 17.4 Å². The van der Waals surface area contributed by atoms with E-state index in [4.69, 9.17) is 11.6 Å². The largest absolute Gasteiger partial charge is 0.320 e. The van der Waals surface area contributed by atoms with Gasteiger partial charge in [-0.3, -0.25) is 9.48 Å². The third-order valence-corrected chi connectivity index (χ3v) is 7.11. The molecule has 0 aliphatic rings. The Kier molecular flexibility index (Phi) is 6.50. The zero-order chi connectivity index (χ0) is 22.0. The highest BCUT2D eigenvalue weighted by atomic mass is 79.9. The summed E-state index contributed by atoms with van der Waals surface area (Å²) in [5.41, 5.74) is 2.99. The molecule has 0 spiro atoms. The van der Waals surface area contributed by atoms with Crippen LogP contribution in [-0.4, -0.2) is 25.5 Å². The molecule has 4 rings (SSSR count). The highest BCUT2D eigenvalue weighted by Gasteiger charge is 2.14. The van der Waals surface area contributed by atoms with Crippen LogP contribution in [0.1, 0.15) is 21.9 Å². The van der Waals surface area contributed by atoms with Crippen molar-refractivity contribution >= 4 is 50.9 Å². The summed E-state index contributed by atoms with van der Waals surface area (Å²) in [4.78, 5) is 14.8. The van der Waals surface area contributed by atoms with Crippen LogP contribution < -0.4 is 5.32 Å². The molecule has 158 valence electrons. The first kappa shape index (κ1) is 21.7. The fraction of sp³-hybridized carbons (Fsp3) is 0.136. The van der Waals surface area contributed by atoms with Gasteiger partial charge in [-0.15, -0.1) is 0 Å². The van der Waals surface area contributed by atoms with Crippen molar-refractivity contribution in [1.82, 2.24) is 19.6 Å². The Labute approximate surface area is 197 Å². The van der Waals surface area contributed by atoms with Gasteiger partial charge in [-0.25, -0.2) is 4.68 Å². The SMILES string of the molecule is Cc1nn(Cn2ccc(C(=O)Nc3ccccc3Sc3ccc(Cl)cc3)n2)c(C)c1Br. The second-order valence-corrected chi connectivity index (χ2v) is 9.22. The van der Waals surface area contributed by atoms with E-state index in [1.165, 1.54) is 0 Å². The van der Waals surface area contributed by atoms with Crippen molar-refractivity contribution in [2.75, 3.05) is 5.32 Å². The van der Waals surface area contributed by atoms with E-state index in [-0.39, 0.29) is 5.91 Å². The van der Waals surface area contributed by atoms with Crippen molar-refractivity contribution in [3.63, 3.8) is 0 Å². The number of hydrogen-bond acceptors (Lipinski definition) is 4. The third-order valence-electron chi connectivity index (χ3n) is 4.62. The molecule has 0 saturated carbocycles. The Hall–Kier alpha value is -2.55. The number of hydrogen-bond donors (Lipinski definition) is 1. The molecule has 0 unspecified atom stereocenters. The Balaban J connectivity index is 1.48. The molecule has 0 saturated heterocycles. The lowest BCUT2D eigenvalue weighted by atomic mass is 10.3. The fourth-order valence-electron chi connectivity index (χ4n) is 2.99. The van der Waals surface area contributed by atoms with Gasteiger partial charge in [-0.05, 0) is 72.2 Å². The first-order valence-electron chi connectivity index (χ1n) is 9.47. The number of aromatic nitrogens is 4. The first-order chi connectivity index (χ1) is 14.9. The number of halogens is 2. The summed E-state index contributed by atoms with van der Waals surface area (Å²) in [5.74, 6) is -0.266. The van der Waals surface area contributed by atoms with Gasteiger partial charge in [0.1, 0.15) is 6.67 Å². The van der Waals surface area contributed by atoms with Gasteiger partial charge in [-0.1, -0.05) is 35.5 Å². The number of para-hydroxylation sites is 1. The second-order valence-electron chi connectivity index (χ2n) is 6.87. The molecule has 0 fully saturated rings. The lowest BCUT2D eigenvalue weighted by Gasteiger charge is -2.10. The predicted octanol–water partition coefficient (Wildman–Crippen LogP) is 6.02. The number of aryl methyl sites for hydroxylation is 1. The zero-order valence-corrected chi connectivity index (χ0v) is 20.0. The summed E-state index contributed by atoms with van der Waals surface area (Å²) in [6.07, 6.45) is 1.77. The first-order valence-corrected chi connectivity index (χ1v) is 11.5. The number of amides is 1. The topological polar surface area (TPSA) is 64.7 Å². The predicted molar refractivity (Wildman–Crippen MR) is 127 cm³/mol. The molecule has 2 aromatic heterocycles. The van der Waals surface area contributed by atoms with Crippen LogP contribution in [0.3, 0.4) is 0 Å². The molecule has 0 atom stereocenters. The smallest absolute Gasteiger partial charge is 0.276 e. The lowest BCUT2D eigenvalue weighted by Crippen LogP contribution is -2.16. The highest BCUT2D eigenvalue weighted by Crippen LogP contribution is 2.34. The van der Waals surface area contributed by atoms with Crippen LogP contribution >= 0.6 is 39.3 Å². The molecule has 0 aliphatic carbocycles. The lowest BCUT2D eigenvalue weighted by molar-refractivity contribution is 0.102. The summed E-state index contributed by atoms with van der Waals surface area (Å²) in [7, 11) is 0.